The Hall–Kier alpha value is -0.800. The minimum atomic E-state index is -0.297. The summed E-state index contributed by atoms with van der Waals surface area (Å²) in [6.45, 7) is 1.62. The fourth-order valence-corrected chi connectivity index (χ4v) is 2.51. The van der Waals surface area contributed by atoms with Crippen molar-refractivity contribution in [3.8, 4) is 5.75 Å². The number of benzene rings is 1. The monoisotopic (exact) mass is 271 g/mol. The average Bonchev–Trinajstić information content (AvgIpc) is 2.27. The molecule has 0 spiro atoms. The molecule has 0 radical (unpaired) electrons. The topological polar surface area (TPSA) is 12.5 Å². The molecule has 1 aliphatic carbocycles. The van der Waals surface area contributed by atoms with Crippen LogP contribution in [0.5, 0.6) is 5.75 Å². The summed E-state index contributed by atoms with van der Waals surface area (Å²) in [6, 6.07) is 5.78. The lowest BCUT2D eigenvalue weighted by Crippen LogP contribution is -2.40. The minimum absolute atomic E-state index is 0.297. The normalized spacial score (nSPS) is 15.8. The molecule has 0 amide bonds. The Balaban J connectivity index is 2.03. The molecule has 0 aromatic heterocycles. The van der Waals surface area contributed by atoms with Gasteiger partial charge in [0.2, 0.25) is 0 Å². The molecule has 0 bridgehead atoms. The molecular weight excluding hydrogens is 253 g/mol. The Morgan fingerprint density at radius 2 is 2.22 bits per heavy atom. The van der Waals surface area contributed by atoms with Gasteiger partial charge in [0.05, 0.1) is 7.11 Å². The van der Waals surface area contributed by atoms with Crippen molar-refractivity contribution in [3.05, 3.63) is 29.6 Å². The van der Waals surface area contributed by atoms with Gasteiger partial charge in [-0.25, -0.2) is 4.39 Å². The SMILES string of the molecule is COc1ccc(CN(CCCl)C2CCC2)cc1F. The Bertz CT molecular complexity index is 395. The quantitative estimate of drug-likeness (QED) is 0.735. The van der Waals surface area contributed by atoms with Gasteiger partial charge in [-0.3, -0.25) is 4.90 Å². The second-order valence-electron chi connectivity index (χ2n) is 4.71. The van der Waals surface area contributed by atoms with Gasteiger partial charge in [0.1, 0.15) is 0 Å². The second kappa shape index (κ2) is 6.39. The van der Waals surface area contributed by atoms with Crippen LogP contribution in [-0.4, -0.2) is 30.5 Å². The van der Waals surface area contributed by atoms with Crippen LogP contribution in [0.1, 0.15) is 24.8 Å². The summed E-state index contributed by atoms with van der Waals surface area (Å²) in [4.78, 5) is 2.34. The van der Waals surface area contributed by atoms with Crippen LogP contribution >= 0.6 is 11.6 Å². The first-order chi connectivity index (χ1) is 8.74. The maximum Gasteiger partial charge on any atom is 0.165 e. The van der Waals surface area contributed by atoms with Crippen molar-refractivity contribution in [2.75, 3.05) is 19.5 Å². The molecule has 0 atom stereocenters. The summed E-state index contributed by atoms with van der Waals surface area (Å²) in [6.07, 6.45) is 3.76. The zero-order valence-electron chi connectivity index (χ0n) is 10.7. The van der Waals surface area contributed by atoms with E-state index in [0.29, 0.717) is 17.7 Å². The third kappa shape index (κ3) is 3.15. The van der Waals surface area contributed by atoms with E-state index in [1.807, 2.05) is 6.07 Å². The van der Waals surface area contributed by atoms with Crippen LogP contribution in [0, 0.1) is 5.82 Å². The number of rotatable bonds is 6. The lowest BCUT2D eigenvalue weighted by molar-refractivity contribution is 0.127. The Labute approximate surface area is 113 Å². The van der Waals surface area contributed by atoms with E-state index in [1.165, 1.54) is 26.4 Å². The van der Waals surface area contributed by atoms with Crippen molar-refractivity contribution in [1.82, 2.24) is 4.90 Å². The van der Waals surface area contributed by atoms with E-state index in [9.17, 15) is 4.39 Å². The standard InChI is InChI=1S/C14H19ClFNO/c1-18-14-6-5-11(9-13(14)16)10-17(8-7-15)12-3-2-4-12/h5-6,9,12H,2-4,7-8,10H2,1H3. The van der Waals surface area contributed by atoms with E-state index < -0.39 is 0 Å². The van der Waals surface area contributed by atoms with Crippen molar-refractivity contribution < 1.29 is 9.13 Å². The highest BCUT2D eigenvalue weighted by Gasteiger charge is 2.24. The first kappa shape index (κ1) is 13.6. The van der Waals surface area contributed by atoms with Gasteiger partial charge in [0, 0.05) is 25.0 Å². The maximum absolute atomic E-state index is 13.6. The Kier molecular flexibility index (Phi) is 4.84. The van der Waals surface area contributed by atoms with E-state index in [4.69, 9.17) is 16.3 Å². The molecule has 2 nitrogen and oxygen atoms in total. The lowest BCUT2D eigenvalue weighted by atomic mass is 9.91. The fraction of sp³-hybridized carbons (Fsp3) is 0.571. The number of alkyl halides is 1. The van der Waals surface area contributed by atoms with Gasteiger partial charge in [-0.2, -0.15) is 0 Å². The summed E-state index contributed by atoms with van der Waals surface area (Å²) < 4.78 is 18.5. The first-order valence-corrected chi connectivity index (χ1v) is 6.90. The number of hydrogen-bond donors (Lipinski definition) is 0. The summed E-state index contributed by atoms with van der Waals surface area (Å²) >= 11 is 5.83. The third-order valence-corrected chi connectivity index (χ3v) is 3.73. The lowest BCUT2D eigenvalue weighted by Gasteiger charge is -2.37. The molecule has 0 unspecified atom stereocenters. The van der Waals surface area contributed by atoms with Crippen molar-refractivity contribution in [2.45, 2.75) is 31.8 Å². The van der Waals surface area contributed by atoms with Gasteiger partial charge in [0.25, 0.3) is 0 Å². The van der Waals surface area contributed by atoms with Crippen LogP contribution in [0.4, 0.5) is 4.39 Å². The molecule has 0 aliphatic heterocycles. The van der Waals surface area contributed by atoms with Gasteiger partial charge < -0.3 is 4.74 Å². The predicted molar refractivity (Wildman–Crippen MR) is 71.7 cm³/mol. The molecule has 1 fully saturated rings. The molecule has 18 heavy (non-hydrogen) atoms. The minimum Gasteiger partial charge on any atom is -0.494 e. The average molecular weight is 272 g/mol. The zero-order chi connectivity index (χ0) is 13.0. The molecule has 1 aliphatic rings. The van der Waals surface area contributed by atoms with E-state index in [1.54, 1.807) is 12.1 Å². The van der Waals surface area contributed by atoms with Crippen molar-refractivity contribution in [1.29, 1.82) is 0 Å². The Morgan fingerprint density at radius 3 is 2.72 bits per heavy atom. The predicted octanol–water partition coefficient (Wildman–Crippen LogP) is 3.43. The van der Waals surface area contributed by atoms with E-state index in [2.05, 4.69) is 4.90 Å². The molecule has 1 aromatic carbocycles. The van der Waals surface area contributed by atoms with Crippen molar-refractivity contribution >= 4 is 11.6 Å². The molecular formula is C14H19ClFNO. The summed E-state index contributed by atoms with van der Waals surface area (Å²) in [5, 5.41) is 0. The maximum atomic E-state index is 13.6. The van der Waals surface area contributed by atoms with Crippen molar-refractivity contribution in [2.24, 2.45) is 0 Å². The van der Waals surface area contributed by atoms with Gasteiger partial charge >= 0.3 is 0 Å². The van der Waals surface area contributed by atoms with Crippen LogP contribution in [-0.2, 0) is 6.54 Å². The van der Waals surface area contributed by atoms with E-state index >= 15 is 0 Å². The molecule has 0 N–H and O–H groups in total. The smallest absolute Gasteiger partial charge is 0.165 e. The highest BCUT2D eigenvalue weighted by molar-refractivity contribution is 6.18. The van der Waals surface area contributed by atoms with E-state index in [-0.39, 0.29) is 5.82 Å². The van der Waals surface area contributed by atoms with Crippen LogP contribution < -0.4 is 4.74 Å². The fourth-order valence-electron chi connectivity index (χ4n) is 2.29. The number of ether oxygens (including phenoxy) is 1. The zero-order valence-corrected chi connectivity index (χ0v) is 11.4. The molecule has 2 rings (SSSR count). The van der Waals surface area contributed by atoms with Crippen LogP contribution in [0.3, 0.4) is 0 Å². The molecule has 1 saturated carbocycles. The van der Waals surface area contributed by atoms with Gasteiger partial charge in [-0.1, -0.05) is 12.5 Å². The molecule has 0 saturated heterocycles. The second-order valence-corrected chi connectivity index (χ2v) is 5.09. The number of nitrogens with zero attached hydrogens (tertiary/aromatic N) is 1. The van der Waals surface area contributed by atoms with Gasteiger partial charge in [-0.15, -0.1) is 11.6 Å². The molecule has 4 heteroatoms. The van der Waals surface area contributed by atoms with Gasteiger partial charge in [-0.05, 0) is 30.5 Å². The van der Waals surface area contributed by atoms with Crippen LogP contribution in [0.25, 0.3) is 0 Å². The highest BCUT2D eigenvalue weighted by atomic mass is 35.5. The van der Waals surface area contributed by atoms with Crippen molar-refractivity contribution in [3.63, 3.8) is 0 Å². The largest absolute Gasteiger partial charge is 0.494 e. The number of methoxy groups -OCH3 is 1. The van der Waals surface area contributed by atoms with Gasteiger partial charge in [0.15, 0.2) is 11.6 Å². The summed E-state index contributed by atoms with van der Waals surface area (Å²) in [5.74, 6) is 0.621. The van der Waals surface area contributed by atoms with E-state index in [0.717, 1.165) is 18.7 Å². The summed E-state index contributed by atoms with van der Waals surface area (Å²) in [5.41, 5.74) is 0.977. The summed E-state index contributed by atoms with van der Waals surface area (Å²) in [7, 11) is 1.48. The van der Waals surface area contributed by atoms with Crippen LogP contribution in [0.15, 0.2) is 18.2 Å². The Morgan fingerprint density at radius 1 is 1.44 bits per heavy atom. The highest BCUT2D eigenvalue weighted by Crippen LogP contribution is 2.27. The number of hydrogen-bond acceptors (Lipinski definition) is 2. The molecule has 1 aromatic rings. The molecule has 100 valence electrons. The first-order valence-electron chi connectivity index (χ1n) is 6.37. The number of halogens is 2. The third-order valence-electron chi connectivity index (χ3n) is 3.56. The molecule has 0 heterocycles. The van der Waals surface area contributed by atoms with Crippen LogP contribution in [0.2, 0.25) is 0 Å².